The SMILES string of the molecule is Oc1ccccc1-c1cccc(-c2cccc3c(-n4c5ccccc5c5ccc(-c6ccc7c(c6)c6ccccc6n7C6=CCCCC6)cc54)cccc23)c1. The van der Waals surface area contributed by atoms with Crippen molar-refractivity contribution in [1.82, 2.24) is 9.13 Å². The number of aromatic hydroxyl groups is 1. The second kappa shape index (κ2) is 12.6. The molecule has 2 aromatic heterocycles. The Morgan fingerprint density at radius 1 is 0.382 bits per heavy atom. The molecule has 0 unspecified atom stereocenters. The highest BCUT2D eigenvalue weighted by molar-refractivity contribution is 6.14. The molecule has 3 nitrogen and oxygen atoms in total. The van der Waals surface area contributed by atoms with E-state index in [-0.39, 0.29) is 5.75 Å². The molecule has 8 aromatic carbocycles. The predicted molar refractivity (Wildman–Crippen MR) is 232 cm³/mol. The molecule has 10 aromatic rings. The highest BCUT2D eigenvalue weighted by atomic mass is 16.3. The van der Waals surface area contributed by atoms with Crippen molar-refractivity contribution in [3.05, 3.63) is 176 Å². The Morgan fingerprint density at radius 3 is 1.84 bits per heavy atom. The minimum absolute atomic E-state index is 0.286. The Bertz CT molecular complexity index is 3170. The molecular formula is C52H38N2O. The summed E-state index contributed by atoms with van der Waals surface area (Å²) in [5.74, 6) is 0.286. The van der Waals surface area contributed by atoms with Crippen LogP contribution < -0.4 is 0 Å². The van der Waals surface area contributed by atoms with Crippen LogP contribution in [0.15, 0.2) is 176 Å². The lowest BCUT2D eigenvalue weighted by molar-refractivity contribution is 0.477. The normalized spacial score (nSPS) is 13.3. The molecule has 1 N–H and O–H groups in total. The highest BCUT2D eigenvalue weighted by Crippen LogP contribution is 2.41. The van der Waals surface area contributed by atoms with Crippen LogP contribution in [0, 0.1) is 0 Å². The number of phenols is 1. The van der Waals surface area contributed by atoms with Gasteiger partial charge in [0.25, 0.3) is 0 Å². The van der Waals surface area contributed by atoms with Crippen LogP contribution in [0.1, 0.15) is 25.7 Å². The largest absolute Gasteiger partial charge is 0.507 e. The second-order valence-corrected chi connectivity index (χ2v) is 14.9. The molecule has 1 aliphatic rings. The van der Waals surface area contributed by atoms with Gasteiger partial charge in [-0.25, -0.2) is 0 Å². The van der Waals surface area contributed by atoms with Gasteiger partial charge in [0.15, 0.2) is 0 Å². The first-order valence-corrected chi connectivity index (χ1v) is 19.4. The Balaban J connectivity index is 1.09. The van der Waals surface area contributed by atoms with Gasteiger partial charge in [-0.05, 0) is 107 Å². The highest BCUT2D eigenvalue weighted by Gasteiger charge is 2.19. The maximum Gasteiger partial charge on any atom is 0.123 e. The monoisotopic (exact) mass is 706 g/mol. The summed E-state index contributed by atoms with van der Waals surface area (Å²) in [7, 11) is 0. The molecule has 2 heterocycles. The lowest BCUT2D eigenvalue weighted by Gasteiger charge is -2.16. The number of phenolic OH excluding ortho intramolecular Hbond substituents is 1. The summed E-state index contributed by atoms with van der Waals surface area (Å²) < 4.78 is 4.96. The van der Waals surface area contributed by atoms with Crippen molar-refractivity contribution in [2.75, 3.05) is 0 Å². The number of aromatic nitrogens is 2. The predicted octanol–water partition coefficient (Wildman–Crippen LogP) is 14.2. The number of benzene rings is 8. The molecule has 1 aliphatic carbocycles. The minimum atomic E-state index is 0.286. The van der Waals surface area contributed by atoms with Crippen LogP contribution >= 0.6 is 0 Å². The van der Waals surface area contributed by atoms with E-state index in [9.17, 15) is 5.11 Å². The summed E-state index contributed by atoms with van der Waals surface area (Å²) in [6.07, 6.45) is 7.24. The van der Waals surface area contributed by atoms with Gasteiger partial charge in [-0.15, -0.1) is 0 Å². The molecule has 3 heteroatoms. The van der Waals surface area contributed by atoms with Crippen LogP contribution in [-0.2, 0) is 0 Å². The van der Waals surface area contributed by atoms with E-state index in [1.54, 1.807) is 6.07 Å². The van der Waals surface area contributed by atoms with Gasteiger partial charge in [-0.3, -0.25) is 0 Å². The van der Waals surface area contributed by atoms with Crippen LogP contribution in [-0.4, -0.2) is 14.2 Å². The first kappa shape index (κ1) is 31.7. The quantitative estimate of drug-likeness (QED) is 0.190. The Morgan fingerprint density at radius 2 is 1.00 bits per heavy atom. The third kappa shape index (κ3) is 5.04. The zero-order valence-corrected chi connectivity index (χ0v) is 30.4. The van der Waals surface area contributed by atoms with E-state index in [1.165, 1.54) is 84.0 Å². The third-order valence-electron chi connectivity index (χ3n) is 11.8. The van der Waals surface area contributed by atoms with Crippen LogP contribution in [0.5, 0.6) is 5.75 Å². The first-order valence-electron chi connectivity index (χ1n) is 19.4. The standard InChI is InChI=1S/C52H38N2O/c55-52-26-9-6-17-40(52)37-14-10-13-36(31-37)39-20-11-22-42-41(39)21-12-25-49(42)54-48-24-8-4-18-43(48)45-29-27-35(33-51(45)54)34-28-30-50-46(32-34)44-19-5-7-23-47(44)53(50)38-15-2-1-3-16-38/h4-15,17-33,55H,1-3,16H2. The van der Waals surface area contributed by atoms with Gasteiger partial charge in [0.1, 0.15) is 5.75 Å². The maximum atomic E-state index is 10.6. The van der Waals surface area contributed by atoms with Gasteiger partial charge in [-0.1, -0.05) is 127 Å². The van der Waals surface area contributed by atoms with Crippen molar-refractivity contribution < 1.29 is 5.11 Å². The molecule has 0 atom stereocenters. The van der Waals surface area contributed by atoms with Gasteiger partial charge >= 0.3 is 0 Å². The van der Waals surface area contributed by atoms with E-state index in [0.29, 0.717) is 0 Å². The Kier molecular flexibility index (Phi) is 7.28. The average molecular weight is 707 g/mol. The van der Waals surface area contributed by atoms with Gasteiger partial charge in [-0.2, -0.15) is 0 Å². The fraction of sp³-hybridized carbons (Fsp3) is 0.0769. The number of nitrogens with zero attached hydrogens (tertiary/aromatic N) is 2. The van der Waals surface area contributed by atoms with Gasteiger partial charge < -0.3 is 14.2 Å². The molecule has 11 rings (SSSR count). The molecule has 55 heavy (non-hydrogen) atoms. The van der Waals surface area contributed by atoms with E-state index >= 15 is 0 Å². The average Bonchev–Trinajstić information content (AvgIpc) is 3.76. The van der Waals surface area contributed by atoms with Crippen molar-refractivity contribution in [1.29, 1.82) is 0 Å². The van der Waals surface area contributed by atoms with E-state index < -0.39 is 0 Å². The smallest absolute Gasteiger partial charge is 0.123 e. The molecule has 0 saturated heterocycles. The fourth-order valence-corrected chi connectivity index (χ4v) is 9.21. The molecule has 0 bridgehead atoms. The third-order valence-corrected chi connectivity index (χ3v) is 11.8. The van der Waals surface area contributed by atoms with Crippen molar-refractivity contribution in [2.45, 2.75) is 25.7 Å². The Labute approximate surface area is 319 Å². The molecule has 0 aliphatic heterocycles. The van der Waals surface area contributed by atoms with E-state index in [4.69, 9.17) is 0 Å². The van der Waals surface area contributed by atoms with E-state index in [2.05, 4.69) is 161 Å². The molecule has 0 amide bonds. The second-order valence-electron chi connectivity index (χ2n) is 14.9. The van der Waals surface area contributed by atoms with Crippen molar-refractivity contribution in [3.8, 4) is 44.8 Å². The molecule has 0 fully saturated rings. The van der Waals surface area contributed by atoms with Crippen LogP contribution in [0.4, 0.5) is 0 Å². The van der Waals surface area contributed by atoms with Crippen LogP contribution in [0.2, 0.25) is 0 Å². The lowest BCUT2D eigenvalue weighted by Crippen LogP contribution is -2.00. The summed E-state index contributed by atoms with van der Waals surface area (Å²) in [6, 6.07) is 61.0. The number of rotatable bonds is 5. The molecular weight excluding hydrogens is 669 g/mol. The van der Waals surface area contributed by atoms with Gasteiger partial charge in [0.2, 0.25) is 0 Å². The summed E-state index contributed by atoms with van der Waals surface area (Å²) >= 11 is 0. The first-order chi connectivity index (χ1) is 27.2. The zero-order chi connectivity index (χ0) is 36.5. The van der Waals surface area contributed by atoms with Crippen molar-refractivity contribution in [2.24, 2.45) is 0 Å². The number of hydrogen-bond donors (Lipinski definition) is 1. The molecule has 0 saturated carbocycles. The van der Waals surface area contributed by atoms with Gasteiger partial charge in [0.05, 0.1) is 27.8 Å². The summed E-state index contributed by atoms with van der Waals surface area (Å²) in [4.78, 5) is 0. The minimum Gasteiger partial charge on any atom is -0.507 e. The summed E-state index contributed by atoms with van der Waals surface area (Å²) in [6.45, 7) is 0. The van der Waals surface area contributed by atoms with Crippen molar-refractivity contribution in [3.63, 3.8) is 0 Å². The maximum absolute atomic E-state index is 10.6. The topological polar surface area (TPSA) is 30.1 Å². The van der Waals surface area contributed by atoms with E-state index in [0.717, 1.165) is 40.8 Å². The number of para-hydroxylation sites is 3. The zero-order valence-electron chi connectivity index (χ0n) is 30.4. The molecule has 262 valence electrons. The van der Waals surface area contributed by atoms with Crippen LogP contribution in [0.3, 0.4) is 0 Å². The van der Waals surface area contributed by atoms with Crippen LogP contribution in [0.25, 0.3) is 99.1 Å². The number of allylic oxidation sites excluding steroid dienone is 2. The van der Waals surface area contributed by atoms with E-state index in [1.807, 2.05) is 18.2 Å². The number of hydrogen-bond acceptors (Lipinski definition) is 1. The Hall–Kier alpha value is -6.84. The molecule has 0 radical (unpaired) electrons. The van der Waals surface area contributed by atoms with Crippen molar-refractivity contribution >= 4 is 60.1 Å². The fourth-order valence-electron chi connectivity index (χ4n) is 9.21. The summed E-state index contributed by atoms with van der Waals surface area (Å²) in [5, 5.41) is 18.1. The summed E-state index contributed by atoms with van der Waals surface area (Å²) in [5.41, 5.74) is 14.1. The van der Waals surface area contributed by atoms with Gasteiger partial charge in [0, 0.05) is 38.2 Å². The molecule has 0 spiro atoms. The lowest BCUT2D eigenvalue weighted by atomic mass is 9.94. The number of fused-ring (bicyclic) bond motifs is 7.